The van der Waals surface area contributed by atoms with Gasteiger partial charge < -0.3 is 14.6 Å². The van der Waals surface area contributed by atoms with Crippen LogP contribution in [0.4, 0.5) is 0 Å². The van der Waals surface area contributed by atoms with Crippen molar-refractivity contribution < 1.29 is 4.42 Å². The maximum atomic E-state index is 5.58. The highest BCUT2D eigenvalue weighted by Crippen LogP contribution is 2.20. The lowest BCUT2D eigenvalue weighted by atomic mass is 10.1. The van der Waals surface area contributed by atoms with Gasteiger partial charge in [0.05, 0.1) is 5.69 Å². The molecule has 0 amide bonds. The van der Waals surface area contributed by atoms with Crippen molar-refractivity contribution in [1.29, 1.82) is 0 Å². The molecule has 1 aromatic rings. The predicted octanol–water partition coefficient (Wildman–Crippen LogP) is 1.71. The van der Waals surface area contributed by atoms with Crippen LogP contribution in [0.3, 0.4) is 0 Å². The molecule has 1 N–H and O–H groups in total. The van der Waals surface area contributed by atoms with E-state index in [1.165, 1.54) is 19.5 Å². The maximum Gasteiger partial charge on any atom is 0.194 e. The van der Waals surface area contributed by atoms with E-state index in [4.69, 9.17) is 4.42 Å². The number of hydrogen-bond acceptors (Lipinski definition) is 4. The molecule has 0 radical (unpaired) electrons. The average molecular weight is 251 g/mol. The summed E-state index contributed by atoms with van der Waals surface area (Å²) in [7, 11) is 1.98. The minimum Gasteiger partial charge on any atom is -0.449 e. The minimum atomic E-state index is 0.449. The van der Waals surface area contributed by atoms with E-state index in [0.29, 0.717) is 6.04 Å². The molecule has 0 aromatic carbocycles. The predicted molar refractivity (Wildman–Crippen MR) is 72.7 cm³/mol. The van der Waals surface area contributed by atoms with Crippen molar-refractivity contribution in [3.05, 3.63) is 17.8 Å². The monoisotopic (exact) mass is 251 g/mol. The van der Waals surface area contributed by atoms with Gasteiger partial charge in [-0.3, -0.25) is 0 Å². The summed E-state index contributed by atoms with van der Waals surface area (Å²) in [5.74, 6) is 1.63. The number of aromatic nitrogens is 1. The fraction of sp³-hybridized carbons (Fsp3) is 0.786. The molecule has 2 atom stereocenters. The van der Waals surface area contributed by atoms with Gasteiger partial charge in [0.1, 0.15) is 6.26 Å². The third-order valence-electron chi connectivity index (χ3n) is 3.89. The van der Waals surface area contributed by atoms with E-state index in [0.717, 1.165) is 36.9 Å². The Hall–Kier alpha value is -0.870. The third-order valence-corrected chi connectivity index (χ3v) is 3.89. The third kappa shape index (κ3) is 3.56. The van der Waals surface area contributed by atoms with E-state index in [1.54, 1.807) is 0 Å². The zero-order valence-electron chi connectivity index (χ0n) is 11.8. The average Bonchev–Trinajstić information content (AvgIpc) is 2.99. The van der Waals surface area contributed by atoms with Gasteiger partial charge in [0, 0.05) is 25.4 Å². The molecule has 0 saturated carbocycles. The Balaban J connectivity index is 1.83. The van der Waals surface area contributed by atoms with Crippen LogP contribution in [-0.2, 0) is 12.8 Å². The normalized spacial score (nSPS) is 22.5. The first-order valence-electron chi connectivity index (χ1n) is 7.04. The van der Waals surface area contributed by atoms with Crippen LogP contribution in [-0.4, -0.2) is 42.6 Å². The van der Waals surface area contributed by atoms with E-state index < -0.39 is 0 Å². The van der Waals surface area contributed by atoms with E-state index in [-0.39, 0.29) is 0 Å². The summed E-state index contributed by atoms with van der Waals surface area (Å²) in [4.78, 5) is 7.08. The number of nitrogens with one attached hydrogen (secondary N) is 1. The molecule has 2 unspecified atom stereocenters. The fourth-order valence-corrected chi connectivity index (χ4v) is 2.57. The largest absolute Gasteiger partial charge is 0.449 e. The van der Waals surface area contributed by atoms with Crippen LogP contribution in [0.25, 0.3) is 0 Å². The van der Waals surface area contributed by atoms with E-state index in [2.05, 4.69) is 29.0 Å². The number of oxazole rings is 1. The molecule has 2 heterocycles. The van der Waals surface area contributed by atoms with Gasteiger partial charge in [-0.05, 0) is 39.4 Å². The summed E-state index contributed by atoms with van der Waals surface area (Å²) in [5, 5.41) is 3.22. The molecule has 0 spiro atoms. The van der Waals surface area contributed by atoms with Gasteiger partial charge in [-0.1, -0.05) is 6.92 Å². The van der Waals surface area contributed by atoms with Crippen molar-refractivity contribution in [3.63, 3.8) is 0 Å². The van der Waals surface area contributed by atoms with Crippen LogP contribution >= 0.6 is 0 Å². The Morgan fingerprint density at radius 3 is 3.11 bits per heavy atom. The summed E-state index contributed by atoms with van der Waals surface area (Å²) in [6.45, 7) is 7.97. The van der Waals surface area contributed by atoms with Gasteiger partial charge in [-0.15, -0.1) is 0 Å². The second-order valence-electron chi connectivity index (χ2n) is 5.38. The summed E-state index contributed by atoms with van der Waals surface area (Å²) >= 11 is 0. The molecule has 0 aliphatic carbocycles. The highest BCUT2D eigenvalue weighted by Gasteiger charge is 2.23. The van der Waals surface area contributed by atoms with Crippen LogP contribution < -0.4 is 5.32 Å². The van der Waals surface area contributed by atoms with Gasteiger partial charge in [-0.25, -0.2) is 4.98 Å². The van der Waals surface area contributed by atoms with Crippen LogP contribution in [0.1, 0.15) is 31.9 Å². The summed E-state index contributed by atoms with van der Waals surface area (Å²) in [5.41, 5.74) is 1.07. The maximum absolute atomic E-state index is 5.58. The van der Waals surface area contributed by atoms with E-state index in [9.17, 15) is 0 Å². The van der Waals surface area contributed by atoms with Crippen molar-refractivity contribution in [1.82, 2.24) is 15.2 Å². The highest BCUT2D eigenvalue weighted by atomic mass is 16.3. The zero-order chi connectivity index (χ0) is 13.0. The minimum absolute atomic E-state index is 0.449. The quantitative estimate of drug-likeness (QED) is 0.835. The van der Waals surface area contributed by atoms with Crippen molar-refractivity contribution >= 4 is 0 Å². The molecule has 1 aliphatic rings. The Morgan fingerprint density at radius 1 is 1.61 bits per heavy atom. The standard InChI is InChI=1S/C14H25N3O/c1-4-17-6-5-12(9-17)8-14-16-13(10-18-14)7-11(2)15-3/h10-12,15H,4-9H2,1-3H3. The Labute approximate surface area is 110 Å². The lowest BCUT2D eigenvalue weighted by Gasteiger charge is -2.11. The van der Waals surface area contributed by atoms with Crippen LogP contribution in [0.2, 0.25) is 0 Å². The first kappa shape index (κ1) is 13.6. The first-order chi connectivity index (χ1) is 8.71. The molecular weight excluding hydrogens is 226 g/mol. The Morgan fingerprint density at radius 2 is 2.44 bits per heavy atom. The molecule has 1 aliphatic heterocycles. The van der Waals surface area contributed by atoms with Crippen molar-refractivity contribution in [2.75, 3.05) is 26.7 Å². The highest BCUT2D eigenvalue weighted by molar-refractivity contribution is 5.00. The Kier molecular flexibility index (Phi) is 4.78. The van der Waals surface area contributed by atoms with Gasteiger partial charge >= 0.3 is 0 Å². The summed E-state index contributed by atoms with van der Waals surface area (Å²) < 4.78 is 5.58. The molecule has 4 nitrogen and oxygen atoms in total. The fourth-order valence-electron chi connectivity index (χ4n) is 2.57. The molecule has 0 bridgehead atoms. The van der Waals surface area contributed by atoms with Crippen LogP contribution in [0.15, 0.2) is 10.7 Å². The molecule has 1 fully saturated rings. The second kappa shape index (κ2) is 6.34. The van der Waals surface area contributed by atoms with Crippen molar-refractivity contribution in [2.24, 2.45) is 5.92 Å². The number of likely N-dealkylation sites (tertiary alicyclic amines) is 1. The topological polar surface area (TPSA) is 41.3 Å². The lowest BCUT2D eigenvalue weighted by molar-refractivity contribution is 0.335. The first-order valence-corrected chi connectivity index (χ1v) is 7.04. The van der Waals surface area contributed by atoms with Gasteiger partial charge in [0.25, 0.3) is 0 Å². The smallest absolute Gasteiger partial charge is 0.194 e. The summed E-state index contributed by atoms with van der Waals surface area (Å²) in [6, 6.07) is 0.449. The number of hydrogen-bond donors (Lipinski definition) is 1. The number of likely N-dealkylation sites (N-methyl/N-ethyl adjacent to an activating group) is 1. The Bertz CT molecular complexity index is 364. The number of rotatable bonds is 6. The summed E-state index contributed by atoms with van der Waals surface area (Å²) in [6.07, 6.45) is 5.02. The van der Waals surface area contributed by atoms with Crippen molar-refractivity contribution in [2.45, 2.75) is 39.2 Å². The SMILES string of the molecule is CCN1CCC(Cc2nc(CC(C)NC)co2)C1. The molecular formula is C14H25N3O. The molecule has 1 aromatic heterocycles. The molecule has 4 heteroatoms. The number of nitrogens with zero attached hydrogens (tertiary/aromatic N) is 2. The van der Waals surface area contributed by atoms with Gasteiger partial charge in [0.15, 0.2) is 5.89 Å². The lowest BCUT2D eigenvalue weighted by Crippen LogP contribution is -2.23. The second-order valence-corrected chi connectivity index (χ2v) is 5.38. The molecule has 18 heavy (non-hydrogen) atoms. The van der Waals surface area contributed by atoms with Gasteiger partial charge in [0.2, 0.25) is 0 Å². The molecule has 1 saturated heterocycles. The molecule has 102 valence electrons. The van der Waals surface area contributed by atoms with Crippen LogP contribution in [0.5, 0.6) is 0 Å². The molecule has 2 rings (SSSR count). The zero-order valence-corrected chi connectivity index (χ0v) is 11.8. The van der Waals surface area contributed by atoms with E-state index >= 15 is 0 Å². The van der Waals surface area contributed by atoms with E-state index in [1.807, 2.05) is 13.3 Å². The van der Waals surface area contributed by atoms with Crippen molar-refractivity contribution in [3.8, 4) is 0 Å². The van der Waals surface area contributed by atoms with Crippen LogP contribution in [0, 0.1) is 5.92 Å². The van der Waals surface area contributed by atoms with Gasteiger partial charge in [-0.2, -0.15) is 0 Å².